The van der Waals surface area contributed by atoms with Crippen molar-refractivity contribution >= 4 is 21.6 Å². The molecule has 1 aromatic rings. The zero-order chi connectivity index (χ0) is 17.5. The van der Waals surface area contributed by atoms with Crippen LogP contribution in [0.1, 0.15) is 20.3 Å². The molecule has 0 radical (unpaired) electrons. The average Bonchev–Trinajstić information content (AvgIpc) is 2.50. The van der Waals surface area contributed by atoms with E-state index in [1.54, 1.807) is 32.2 Å². The molecule has 0 saturated carbocycles. The molecule has 1 rings (SSSR count). The molecule has 1 aromatic carbocycles. The molecule has 0 heterocycles. The minimum atomic E-state index is -3.30. The van der Waals surface area contributed by atoms with Gasteiger partial charge in [0.1, 0.15) is 11.5 Å². The van der Waals surface area contributed by atoms with E-state index < -0.39 is 10.0 Å². The number of hydrogen-bond donors (Lipinski definition) is 1. The molecule has 0 spiro atoms. The van der Waals surface area contributed by atoms with Crippen LogP contribution < -0.4 is 19.1 Å². The van der Waals surface area contributed by atoms with Crippen molar-refractivity contribution in [2.45, 2.75) is 20.3 Å². The highest BCUT2D eigenvalue weighted by molar-refractivity contribution is 7.89. The first-order valence-electron chi connectivity index (χ1n) is 7.32. The number of benzene rings is 1. The van der Waals surface area contributed by atoms with Gasteiger partial charge in [0.2, 0.25) is 15.9 Å². The van der Waals surface area contributed by atoms with Crippen molar-refractivity contribution in [1.29, 1.82) is 0 Å². The number of carbonyl (C=O) groups excluding carboxylic acids is 1. The lowest BCUT2D eigenvalue weighted by Crippen LogP contribution is -2.38. The van der Waals surface area contributed by atoms with Gasteiger partial charge in [0.15, 0.2) is 0 Å². The number of carbonyl (C=O) groups is 1. The molecule has 0 fully saturated rings. The summed E-state index contributed by atoms with van der Waals surface area (Å²) in [6, 6.07) is 5.10. The molecule has 0 saturated heterocycles. The van der Waals surface area contributed by atoms with Gasteiger partial charge in [-0.25, -0.2) is 13.1 Å². The molecule has 0 aliphatic carbocycles. The molecular weight excluding hydrogens is 320 g/mol. The van der Waals surface area contributed by atoms with E-state index in [0.29, 0.717) is 23.6 Å². The van der Waals surface area contributed by atoms with Crippen LogP contribution in [0.3, 0.4) is 0 Å². The number of nitrogens with one attached hydrogen (secondary N) is 1. The molecule has 1 N–H and O–H groups in total. The normalized spacial score (nSPS) is 11.1. The number of sulfonamides is 1. The van der Waals surface area contributed by atoms with Gasteiger partial charge in [-0.15, -0.1) is 0 Å². The molecule has 8 heteroatoms. The first-order valence-corrected chi connectivity index (χ1v) is 8.97. The Bertz CT molecular complexity index is 631. The van der Waals surface area contributed by atoms with E-state index in [0.717, 1.165) is 0 Å². The Kier molecular flexibility index (Phi) is 7.31. The summed E-state index contributed by atoms with van der Waals surface area (Å²) in [6.07, 6.45) is 0.540. The van der Waals surface area contributed by atoms with Crippen LogP contribution in [0.25, 0.3) is 0 Å². The number of methoxy groups -OCH3 is 2. The van der Waals surface area contributed by atoms with Crippen LogP contribution in [-0.4, -0.2) is 47.4 Å². The topological polar surface area (TPSA) is 84.9 Å². The monoisotopic (exact) mass is 344 g/mol. The van der Waals surface area contributed by atoms with Gasteiger partial charge in [-0.1, -0.05) is 6.92 Å². The van der Waals surface area contributed by atoms with Crippen LogP contribution in [0.4, 0.5) is 5.69 Å². The van der Waals surface area contributed by atoms with E-state index in [1.807, 2.05) is 0 Å². The smallest absolute Gasteiger partial charge is 0.224 e. The van der Waals surface area contributed by atoms with Gasteiger partial charge < -0.3 is 14.4 Å². The SMILES string of the molecule is CCCS(=O)(=O)NCCN(C(C)=O)c1ccc(OC)cc1OC. The highest BCUT2D eigenvalue weighted by atomic mass is 32.2. The van der Waals surface area contributed by atoms with Gasteiger partial charge in [-0.3, -0.25) is 4.79 Å². The third-order valence-corrected chi connectivity index (χ3v) is 4.78. The average molecular weight is 344 g/mol. The van der Waals surface area contributed by atoms with Crippen molar-refractivity contribution in [3.05, 3.63) is 18.2 Å². The number of nitrogens with zero attached hydrogens (tertiary/aromatic N) is 1. The second kappa shape index (κ2) is 8.73. The Hall–Kier alpha value is -1.80. The number of rotatable bonds is 9. The lowest BCUT2D eigenvalue weighted by Gasteiger charge is -2.23. The first kappa shape index (κ1) is 19.2. The number of anilines is 1. The predicted octanol–water partition coefficient (Wildman–Crippen LogP) is 1.39. The minimum Gasteiger partial charge on any atom is -0.497 e. The fourth-order valence-corrected chi connectivity index (χ4v) is 3.19. The molecule has 0 aliphatic heterocycles. The predicted molar refractivity (Wildman–Crippen MR) is 89.7 cm³/mol. The van der Waals surface area contributed by atoms with Crippen molar-refractivity contribution in [2.24, 2.45) is 0 Å². The lowest BCUT2D eigenvalue weighted by atomic mass is 10.2. The first-order chi connectivity index (χ1) is 10.8. The summed E-state index contributed by atoms with van der Waals surface area (Å²) in [7, 11) is -0.259. The minimum absolute atomic E-state index is 0.0684. The van der Waals surface area contributed by atoms with Gasteiger partial charge in [-0.05, 0) is 18.6 Å². The maximum absolute atomic E-state index is 11.9. The molecular formula is C15H24N2O5S. The Morgan fingerprint density at radius 1 is 1.26 bits per heavy atom. The summed E-state index contributed by atoms with van der Waals surface area (Å²) in [5.41, 5.74) is 0.565. The summed E-state index contributed by atoms with van der Waals surface area (Å²) in [6.45, 7) is 3.56. The summed E-state index contributed by atoms with van der Waals surface area (Å²) in [5.74, 6) is 0.954. The maximum Gasteiger partial charge on any atom is 0.224 e. The number of ether oxygens (including phenoxy) is 2. The van der Waals surface area contributed by atoms with Crippen LogP contribution in [0.15, 0.2) is 18.2 Å². The lowest BCUT2D eigenvalue weighted by molar-refractivity contribution is -0.116. The highest BCUT2D eigenvalue weighted by Gasteiger charge is 2.18. The molecule has 0 aromatic heterocycles. The summed E-state index contributed by atoms with van der Waals surface area (Å²) >= 11 is 0. The van der Waals surface area contributed by atoms with Crippen molar-refractivity contribution in [2.75, 3.05) is 38.0 Å². The molecule has 7 nitrogen and oxygen atoms in total. The standard InChI is InChI=1S/C15H24N2O5S/c1-5-10-23(19,20)16-8-9-17(12(2)18)14-7-6-13(21-3)11-15(14)22-4/h6-7,11,16H,5,8-10H2,1-4H3. The van der Waals surface area contributed by atoms with Gasteiger partial charge in [-0.2, -0.15) is 0 Å². The van der Waals surface area contributed by atoms with Crippen LogP contribution >= 0.6 is 0 Å². The number of hydrogen-bond acceptors (Lipinski definition) is 5. The fourth-order valence-electron chi connectivity index (χ4n) is 2.11. The van der Waals surface area contributed by atoms with Gasteiger partial charge in [0.25, 0.3) is 0 Å². The van der Waals surface area contributed by atoms with E-state index in [2.05, 4.69) is 4.72 Å². The fraction of sp³-hybridized carbons (Fsp3) is 0.533. The second-order valence-corrected chi connectivity index (χ2v) is 6.85. The third-order valence-electron chi connectivity index (χ3n) is 3.19. The van der Waals surface area contributed by atoms with Crippen LogP contribution in [0.2, 0.25) is 0 Å². The largest absolute Gasteiger partial charge is 0.497 e. The van der Waals surface area contributed by atoms with E-state index in [-0.39, 0.29) is 24.7 Å². The summed E-state index contributed by atoms with van der Waals surface area (Å²) < 4.78 is 36.2. The van der Waals surface area contributed by atoms with E-state index in [4.69, 9.17) is 9.47 Å². The van der Waals surface area contributed by atoms with Gasteiger partial charge in [0.05, 0.1) is 25.7 Å². The molecule has 0 atom stereocenters. The molecule has 0 aliphatic rings. The summed E-state index contributed by atoms with van der Waals surface area (Å²) in [5, 5.41) is 0. The molecule has 0 bridgehead atoms. The van der Waals surface area contributed by atoms with E-state index >= 15 is 0 Å². The number of amides is 1. The van der Waals surface area contributed by atoms with Crippen molar-refractivity contribution in [3.63, 3.8) is 0 Å². The Labute approximate surface area is 137 Å². The van der Waals surface area contributed by atoms with Crippen molar-refractivity contribution in [3.8, 4) is 11.5 Å². The zero-order valence-corrected chi connectivity index (χ0v) is 14.8. The van der Waals surface area contributed by atoms with Crippen molar-refractivity contribution in [1.82, 2.24) is 4.72 Å². The van der Waals surface area contributed by atoms with Crippen LogP contribution in [0, 0.1) is 0 Å². The van der Waals surface area contributed by atoms with E-state index in [9.17, 15) is 13.2 Å². The maximum atomic E-state index is 11.9. The Morgan fingerprint density at radius 3 is 2.48 bits per heavy atom. The van der Waals surface area contributed by atoms with Crippen LogP contribution in [-0.2, 0) is 14.8 Å². The Morgan fingerprint density at radius 2 is 1.96 bits per heavy atom. The molecule has 23 heavy (non-hydrogen) atoms. The highest BCUT2D eigenvalue weighted by Crippen LogP contribution is 2.32. The zero-order valence-electron chi connectivity index (χ0n) is 14.0. The molecule has 130 valence electrons. The quantitative estimate of drug-likeness (QED) is 0.732. The van der Waals surface area contributed by atoms with Crippen LogP contribution in [0.5, 0.6) is 11.5 Å². The third kappa shape index (κ3) is 5.72. The Balaban J connectivity index is 2.89. The van der Waals surface area contributed by atoms with Gasteiger partial charge in [0, 0.05) is 26.1 Å². The second-order valence-electron chi connectivity index (χ2n) is 4.92. The molecule has 1 amide bonds. The van der Waals surface area contributed by atoms with E-state index in [1.165, 1.54) is 18.9 Å². The van der Waals surface area contributed by atoms with Crippen molar-refractivity contribution < 1.29 is 22.7 Å². The van der Waals surface area contributed by atoms with Gasteiger partial charge >= 0.3 is 0 Å². The summed E-state index contributed by atoms with van der Waals surface area (Å²) in [4.78, 5) is 13.4. The molecule has 0 unspecified atom stereocenters.